The summed E-state index contributed by atoms with van der Waals surface area (Å²) in [5.41, 5.74) is 8.33. The summed E-state index contributed by atoms with van der Waals surface area (Å²) in [5, 5.41) is 7.23. The highest BCUT2D eigenvalue weighted by Crippen LogP contribution is 2.18. The molecule has 1 rings (SSSR count). The van der Waals surface area contributed by atoms with Crippen molar-refractivity contribution in [1.29, 1.82) is 0 Å². The average Bonchev–Trinajstić information content (AvgIpc) is 2.55. The lowest BCUT2D eigenvalue weighted by atomic mass is 9.93. The van der Waals surface area contributed by atoms with Gasteiger partial charge in [-0.1, -0.05) is 13.8 Å². The van der Waals surface area contributed by atoms with Gasteiger partial charge in [0.1, 0.15) is 0 Å². The standard InChI is InChI=1S/C14H27N5O/c1-10-13(11(2)19(6)17-10)16-12(20)7-18(5)9-14(3,4)8-15/h7-9,15H2,1-6H3,(H,16,20). The molecule has 0 saturated carbocycles. The molecular formula is C14H27N5O. The minimum atomic E-state index is -0.0282. The maximum atomic E-state index is 12.1. The highest BCUT2D eigenvalue weighted by molar-refractivity contribution is 5.93. The molecule has 3 N–H and O–H groups in total. The summed E-state index contributed by atoms with van der Waals surface area (Å²) >= 11 is 0. The smallest absolute Gasteiger partial charge is 0.238 e. The normalized spacial score (nSPS) is 12.0. The number of hydrogen-bond acceptors (Lipinski definition) is 4. The van der Waals surface area contributed by atoms with Crippen molar-refractivity contribution in [2.24, 2.45) is 18.2 Å². The van der Waals surface area contributed by atoms with Crippen LogP contribution in [0.5, 0.6) is 0 Å². The molecule has 6 nitrogen and oxygen atoms in total. The highest BCUT2D eigenvalue weighted by Gasteiger charge is 2.20. The van der Waals surface area contributed by atoms with Gasteiger partial charge in [0, 0.05) is 13.6 Å². The summed E-state index contributed by atoms with van der Waals surface area (Å²) in [7, 11) is 3.80. The Morgan fingerprint density at radius 2 is 2.05 bits per heavy atom. The van der Waals surface area contributed by atoms with E-state index in [2.05, 4.69) is 24.3 Å². The van der Waals surface area contributed by atoms with E-state index < -0.39 is 0 Å². The van der Waals surface area contributed by atoms with Crippen molar-refractivity contribution in [1.82, 2.24) is 14.7 Å². The van der Waals surface area contributed by atoms with Crippen LogP contribution in [0, 0.1) is 19.3 Å². The molecule has 0 saturated heterocycles. The second-order valence-corrected chi connectivity index (χ2v) is 6.26. The third kappa shape index (κ3) is 4.31. The lowest BCUT2D eigenvalue weighted by Crippen LogP contribution is -2.40. The zero-order chi connectivity index (χ0) is 15.5. The summed E-state index contributed by atoms with van der Waals surface area (Å²) in [6.07, 6.45) is 0. The fourth-order valence-corrected chi connectivity index (χ4v) is 2.23. The molecule has 20 heavy (non-hydrogen) atoms. The molecule has 0 aliphatic heterocycles. The van der Waals surface area contributed by atoms with Gasteiger partial charge in [0.15, 0.2) is 0 Å². The zero-order valence-corrected chi connectivity index (χ0v) is 13.4. The van der Waals surface area contributed by atoms with Gasteiger partial charge in [0.25, 0.3) is 0 Å². The van der Waals surface area contributed by atoms with E-state index in [1.807, 2.05) is 32.8 Å². The topological polar surface area (TPSA) is 76.2 Å². The predicted octanol–water partition coefficient (Wildman–Crippen LogP) is 0.892. The number of hydrogen-bond donors (Lipinski definition) is 2. The van der Waals surface area contributed by atoms with Crippen LogP contribution in [0.1, 0.15) is 25.2 Å². The maximum absolute atomic E-state index is 12.1. The highest BCUT2D eigenvalue weighted by atomic mass is 16.2. The van der Waals surface area contributed by atoms with E-state index in [1.165, 1.54) is 0 Å². The number of aryl methyl sites for hydroxylation is 2. The largest absolute Gasteiger partial charge is 0.330 e. The second-order valence-electron chi connectivity index (χ2n) is 6.26. The van der Waals surface area contributed by atoms with Gasteiger partial charge < -0.3 is 11.1 Å². The molecule has 0 bridgehead atoms. The number of nitrogens with one attached hydrogen (secondary N) is 1. The summed E-state index contributed by atoms with van der Waals surface area (Å²) in [5.74, 6) is -0.0282. The fourth-order valence-electron chi connectivity index (χ4n) is 2.23. The number of carbonyl (C=O) groups is 1. The van der Waals surface area contributed by atoms with Crippen molar-refractivity contribution in [2.75, 3.05) is 32.0 Å². The molecule has 0 aliphatic rings. The van der Waals surface area contributed by atoms with E-state index in [0.717, 1.165) is 23.6 Å². The van der Waals surface area contributed by atoms with E-state index in [1.54, 1.807) is 4.68 Å². The van der Waals surface area contributed by atoms with Crippen molar-refractivity contribution in [3.63, 3.8) is 0 Å². The monoisotopic (exact) mass is 281 g/mol. The van der Waals surface area contributed by atoms with Crippen molar-refractivity contribution in [2.45, 2.75) is 27.7 Å². The van der Waals surface area contributed by atoms with E-state index >= 15 is 0 Å². The summed E-state index contributed by atoms with van der Waals surface area (Å²) in [6, 6.07) is 0. The van der Waals surface area contributed by atoms with Crippen LogP contribution in [0.2, 0.25) is 0 Å². The van der Waals surface area contributed by atoms with Gasteiger partial charge in [0.2, 0.25) is 5.91 Å². The Balaban J connectivity index is 2.60. The Bertz CT molecular complexity index is 478. The number of carbonyl (C=O) groups excluding carboxylic acids is 1. The SMILES string of the molecule is Cc1nn(C)c(C)c1NC(=O)CN(C)CC(C)(C)CN. The molecule has 0 aliphatic carbocycles. The van der Waals surface area contributed by atoms with Gasteiger partial charge in [-0.2, -0.15) is 5.10 Å². The van der Waals surface area contributed by atoms with Gasteiger partial charge in [-0.3, -0.25) is 14.4 Å². The number of anilines is 1. The number of nitrogens with two attached hydrogens (primary N) is 1. The minimum absolute atomic E-state index is 0.00909. The van der Waals surface area contributed by atoms with Crippen LogP contribution in [0.3, 0.4) is 0 Å². The summed E-state index contributed by atoms with van der Waals surface area (Å²) in [6.45, 7) is 9.74. The first-order chi connectivity index (χ1) is 9.16. The van der Waals surface area contributed by atoms with Crippen LogP contribution in [0.15, 0.2) is 0 Å². The molecule has 0 unspecified atom stereocenters. The van der Waals surface area contributed by atoms with E-state index in [9.17, 15) is 4.79 Å². The van der Waals surface area contributed by atoms with Crippen LogP contribution in [0.25, 0.3) is 0 Å². The fraction of sp³-hybridized carbons (Fsp3) is 0.714. The Labute approximate surface area is 121 Å². The van der Waals surface area contributed by atoms with E-state index in [0.29, 0.717) is 13.1 Å². The Morgan fingerprint density at radius 3 is 2.50 bits per heavy atom. The van der Waals surface area contributed by atoms with Crippen molar-refractivity contribution in [3.05, 3.63) is 11.4 Å². The first kappa shape index (κ1) is 16.7. The van der Waals surface area contributed by atoms with Crippen molar-refractivity contribution < 1.29 is 4.79 Å². The number of aromatic nitrogens is 2. The van der Waals surface area contributed by atoms with Crippen LogP contribution >= 0.6 is 0 Å². The lowest BCUT2D eigenvalue weighted by molar-refractivity contribution is -0.117. The van der Waals surface area contributed by atoms with Crippen LogP contribution in [0.4, 0.5) is 5.69 Å². The molecule has 114 valence electrons. The molecule has 1 aromatic rings. The van der Waals surface area contributed by atoms with Gasteiger partial charge in [0.05, 0.1) is 23.6 Å². The van der Waals surface area contributed by atoms with Crippen molar-refractivity contribution >= 4 is 11.6 Å². The summed E-state index contributed by atoms with van der Waals surface area (Å²) in [4.78, 5) is 14.1. The molecule has 6 heteroatoms. The van der Waals surface area contributed by atoms with Gasteiger partial charge >= 0.3 is 0 Å². The number of amides is 1. The molecule has 0 fully saturated rings. The predicted molar refractivity (Wildman–Crippen MR) is 81.6 cm³/mol. The Morgan fingerprint density at radius 1 is 1.45 bits per heavy atom. The Hall–Kier alpha value is -1.40. The molecule has 1 amide bonds. The van der Waals surface area contributed by atoms with Gasteiger partial charge in [-0.15, -0.1) is 0 Å². The molecule has 0 radical (unpaired) electrons. The first-order valence-electron chi connectivity index (χ1n) is 6.85. The third-order valence-corrected chi connectivity index (χ3v) is 3.44. The van der Waals surface area contributed by atoms with E-state index in [-0.39, 0.29) is 11.3 Å². The summed E-state index contributed by atoms with van der Waals surface area (Å²) < 4.78 is 1.77. The van der Waals surface area contributed by atoms with Crippen LogP contribution in [-0.2, 0) is 11.8 Å². The molecule has 0 spiro atoms. The third-order valence-electron chi connectivity index (χ3n) is 3.44. The maximum Gasteiger partial charge on any atom is 0.238 e. The van der Waals surface area contributed by atoms with Crippen LogP contribution in [-0.4, -0.2) is 47.3 Å². The Kier molecular flexibility index (Phi) is 5.30. The quantitative estimate of drug-likeness (QED) is 0.812. The van der Waals surface area contributed by atoms with Gasteiger partial charge in [-0.25, -0.2) is 0 Å². The lowest BCUT2D eigenvalue weighted by Gasteiger charge is -2.28. The number of likely N-dealkylation sites (N-methyl/N-ethyl adjacent to an activating group) is 1. The van der Waals surface area contributed by atoms with Crippen LogP contribution < -0.4 is 11.1 Å². The van der Waals surface area contributed by atoms with Crippen molar-refractivity contribution in [3.8, 4) is 0 Å². The van der Waals surface area contributed by atoms with Gasteiger partial charge in [-0.05, 0) is 32.9 Å². The molecule has 1 aromatic heterocycles. The average molecular weight is 281 g/mol. The molecule has 1 heterocycles. The molecule has 0 aromatic carbocycles. The van der Waals surface area contributed by atoms with E-state index in [4.69, 9.17) is 5.73 Å². The second kappa shape index (κ2) is 6.37. The minimum Gasteiger partial charge on any atom is -0.330 e. The number of rotatable bonds is 6. The zero-order valence-electron chi connectivity index (χ0n) is 13.4. The first-order valence-corrected chi connectivity index (χ1v) is 6.85. The molecule has 0 atom stereocenters. The molecular weight excluding hydrogens is 254 g/mol. The number of nitrogens with zero attached hydrogens (tertiary/aromatic N) is 3.